The molecule has 12 nitrogen and oxygen atoms in total. The Morgan fingerprint density at radius 1 is 0.941 bits per heavy atom. The first-order chi connectivity index (χ1) is 16.2. The second kappa shape index (κ2) is 15.2. The summed E-state index contributed by atoms with van der Waals surface area (Å²) in [6, 6.07) is 7.09. The van der Waals surface area contributed by atoms with Crippen LogP contribution in [0.1, 0.15) is 32.3 Å². The topological polar surface area (TPSA) is 178 Å². The second-order valence-corrected chi connectivity index (χ2v) is 7.05. The Kier molecular flexibility index (Phi) is 12.7. The molecule has 0 aliphatic rings. The minimum absolute atomic E-state index is 0.0132. The van der Waals surface area contributed by atoms with Gasteiger partial charge in [0.25, 0.3) is 0 Å². The molecular weight excluding hydrogens is 452 g/mol. The maximum Gasteiger partial charge on any atom is 0.407 e. The molecule has 12 heteroatoms. The van der Waals surface area contributed by atoms with Crippen molar-refractivity contribution >= 4 is 29.9 Å². The van der Waals surface area contributed by atoms with Gasteiger partial charge in [-0.3, -0.25) is 14.4 Å². The van der Waals surface area contributed by atoms with Gasteiger partial charge in [0.1, 0.15) is 12.6 Å². The molecule has 0 saturated carbocycles. The summed E-state index contributed by atoms with van der Waals surface area (Å²) in [5.74, 6) is -5.86. The predicted octanol–water partition coefficient (Wildman–Crippen LogP) is 0.366. The van der Waals surface area contributed by atoms with Crippen LogP contribution in [-0.4, -0.2) is 72.0 Å². The quantitative estimate of drug-likeness (QED) is 0.214. The van der Waals surface area contributed by atoms with Gasteiger partial charge >= 0.3 is 24.0 Å². The number of esters is 2. The number of aliphatic hydroxyl groups is 1. The van der Waals surface area contributed by atoms with E-state index in [1.165, 1.54) is 6.92 Å². The third-order valence-electron chi connectivity index (χ3n) is 4.38. The maximum absolute atomic E-state index is 12.3. The highest BCUT2D eigenvalue weighted by atomic mass is 16.6. The van der Waals surface area contributed by atoms with Crippen molar-refractivity contribution in [3.05, 3.63) is 35.9 Å². The van der Waals surface area contributed by atoms with Crippen molar-refractivity contribution in [1.82, 2.24) is 10.6 Å². The first-order valence-electron chi connectivity index (χ1n) is 10.6. The summed E-state index contributed by atoms with van der Waals surface area (Å²) in [6.45, 7) is 2.67. The van der Waals surface area contributed by atoms with Crippen LogP contribution in [-0.2, 0) is 40.0 Å². The smallest absolute Gasteiger partial charge is 0.407 e. The van der Waals surface area contributed by atoms with E-state index in [9.17, 15) is 34.2 Å². The van der Waals surface area contributed by atoms with Crippen molar-refractivity contribution in [3.8, 4) is 0 Å². The minimum Gasteiger partial charge on any atom is -0.480 e. The lowest BCUT2D eigenvalue weighted by atomic mass is 9.95. The number of carboxylic acids is 1. The number of carbonyl (C=O) groups excluding carboxylic acids is 4. The fourth-order valence-electron chi connectivity index (χ4n) is 2.81. The summed E-state index contributed by atoms with van der Waals surface area (Å²) >= 11 is 0. The average Bonchev–Trinajstić information content (AvgIpc) is 2.79. The number of carbonyl (C=O) groups is 5. The Morgan fingerprint density at radius 3 is 2.18 bits per heavy atom. The highest BCUT2D eigenvalue weighted by Crippen LogP contribution is 2.14. The summed E-state index contributed by atoms with van der Waals surface area (Å²) in [7, 11) is 0. The molecule has 0 spiro atoms. The second-order valence-electron chi connectivity index (χ2n) is 7.05. The van der Waals surface area contributed by atoms with Gasteiger partial charge in [-0.05, 0) is 19.4 Å². The Hall–Kier alpha value is -3.67. The summed E-state index contributed by atoms with van der Waals surface area (Å²) in [5, 5.41) is 23.9. The number of hydrogen-bond acceptors (Lipinski definition) is 9. The Bertz CT molecular complexity index is 830. The monoisotopic (exact) mass is 482 g/mol. The Morgan fingerprint density at radius 2 is 1.59 bits per heavy atom. The summed E-state index contributed by atoms with van der Waals surface area (Å²) in [5.41, 5.74) is 0.760. The van der Waals surface area contributed by atoms with Crippen molar-refractivity contribution in [1.29, 1.82) is 0 Å². The van der Waals surface area contributed by atoms with E-state index in [2.05, 4.69) is 10.6 Å². The number of rotatable bonds is 14. The fourth-order valence-corrected chi connectivity index (χ4v) is 2.81. The first-order valence-corrected chi connectivity index (χ1v) is 10.6. The molecule has 1 aromatic carbocycles. The minimum atomic E-state index is -1.80. The molecule has 0 heterocycles. The van der Waals surface area contributed by atoms with E-state index in [0.29, 0.717) is 0 Å². The lowest BCUT2D eigenvalue weighted by Gasteiger charge is -2.23. The number of alkyl carbamates (subject to hydrolysis) is 1. The summed E-state index contributed by atoms with van der Waals surface area (Å²) in [4.78, 5) is 59.8. The summed E-state index contributed by atoms with van der Waals surface area (Å²) < 4.78 is 14.6. The van der Waals surface area contributed by atoms with Gasteiger partial charge in [0.05, 0.1) is 38.1 Å². The molecular formula is C22H30N2O10. The largest absolute Gasteiger partial charge is 0.480 e. The molecule has 1 aromatic rings. The van der Waals surface area contributed by atoms with Crippen molar-refractivity contribution in [3.63, 3.8) is 0 Å². The molecule has 0 aromatic heterocycles. The van der Waals surface area contributed by atoms with Crippen LogP contribution in [0, 0.1) is 5.92 Å². The third kappa shape index (κ3) is 10.8. The molecule has 0 saturated heterocycles. The number of amides is 2. The molecule has 3 atom stereocenters. The Labute approximate surface area is 196 Å². The van der Waals surface area contributed by atoms with Gasteiger partial charge < -0.3 is 35.1 Å². The van der Waals surface area contributed by atoms with Crippen LogP contribution in [0.15, 0.2) is 30.3 Å². The van der Waals surface area contributed by atoms with Gasteiger partial charge in [0.15, 0.2) is 0 Å². The van der Waals surface area contributed by atoms with E-state index in [1.54, 1.807) is 31.2 Å². The number of hydrogen-bond donors (Lipinski definition) is 4. The maximum atomic E-state index is 12.3. The van der Waals surface area contributed by atoms with Gasteiger partial charge in [-0.25, -0.2) is 9.59 Å². The van der Waals surface area contributed by atoms with Gasteiger partial charge in [-0.1, -0.05) is 30.3 Å². The van der Waals surface area contributed by atoms with Gasteiger partial charge in [-0.2, -0.15) is 0 Å². The zero-order valence-electron chi connectivity index (χ0n) is 19.0. The van der Waals surface area contributed by atoms with Crippen LogP contribution in [0.25, 0.3) is 0 Å². The van der Waals surface area contributed by atoms with Crippen molar-refractivity contribution in [2.75, 3.05) is 19.8 Å². The van der Waals surface area contributed by atoms with Crippen LogP contribution in [0.2, 0.25) is 0 Å². The normalized spacial score (nSPS) is 13.0. The zero-order chi connectivity index (χ0) is 25.5. The molecule has 0 unspecified atom stereocenters. The van der Waals surface area contributed by atoms with E-state index >= 15 is 0 Å². The average molecular weight is 482 g/mol. The molecule has 0 bridgehead atoms. The zero-order valence-corrected chi connectivity index (χ0v) is 19.0. The number of benzene rings is 1. The van der Waals surface area contributed by atoms with E-state index in [1.807, 2.05) is 6.07 Å². The fraction of sp³-hybridized carbons (Fsp3) is 0.500. The molecule has 0 fully saturated rings. The predicted molar refractivity (Wildman–Crippen MR) is 116 cm³/mol. The van der Waals surface area contributed by atoms with Crippen LogP contribution < -0.4 is 10.6 Å². The van der Waals surface area contributed by atoms with Crippen LogP contribution in [0.3, 0.4) is 0 Å². The van der Waals surface area contributed by atoms with Crippen molar-refractivity contribution < 1.29 is 48.4 Å². The third-order valence-corrected chi connectivity index (χ3v) is 4.38. The standard InChI is InChI=1S/C22H30N2O10/c1-3-32-18(27)11-16(21(30)33-4-2)19(20(28)29)24-17(26)10-15(25)12-23-22(31)34-13-14-8-6-5-7-9-14/h5-9,15-16,19,25H,3-4,10-13H2,1-2H3,(H,23,31)(H,24,26)(H,28,29)/t15-,16+,19+/m0/s1. The number of aliphatic hydroxyl groups excluding tert-OH is 1. The molecule has 0 aliphatic carbocycles. The van der Waals surface area contributed by atoms with E-state index in [4.69, 9.17) is 14.2 Å². The lowest BCUT2D eigenvalue weighted by molar-refractivity contribution is -0.160. The first kappa shape index (κ1) is 28.4. The number of nitrogens with one attached hydrogen (secondary N) is 2. The summed E-state index contributed by atoms with van der Waals surface area (Å²) in [6.07, 6.45) is -3.40. The molecule has 0 aliphatic heterocycles. The van der Waals surface area contributed by atoms with E-state index < -0.39 is 60.8 Å². The number of ether oxygens (including phenoxy) is 3. The van der Waals surface area contributed by atoms with Crippen molar-refractivity contribution in [2.45, 2.75) is 45.4 Å². The Balaban J connectivity index is 2.62. The molecule has 0 radical (unpaired) electrons. The van der Waals surface area contributed by atoms with Gasteiger partial charge in [-0.15, -0.1) is 0 Å². The van der Waals surface area contributed by atoms with Crippen LogP contribution >= 0.6 is 0 Å². The molecule has 34 heavy (non-hydrogen) atoms. The van der Waals surface area contributed by atoms with Crippen LogP contribution in [0.4, 0.5) is 4.79 Å². The highest BCUT2D eigenvalue weighted by molar-refractivity contribution is 5.90. The lowest BCUT2D eigenvalue weighted by Crippen LogP contribution is -2.50. The SMILES string of the molecule is CCOC(=O)C[C@@H](C(=O)OCC)[C@@H](NC(=O)C[C@H](O)CNC(=O)OCc1ccccc1)C(=O)O. The molecule has 188 valence electrons. The van der Waals surface area contributed by atoms with Crippen molar-refractivity contribution in [2.24, 2.45) is 5.92 Å². The molecule has 1 rings (SSSR count). The number of aliphatic carboxylic acids is 1. The molecule has 4 N–H and O–H groups in total. The van der Waals surface area contributed by atoms with Gasteiger partial charge in [0.2, 0.25) is 5.91 Å². The molecule has 2 amide bonds. The van der Waals surface area contributed by atoms with Gasteiger partial charge in [0, 0.05) is 6.54 Å². The van der Waals surface area contributed by atoms with E-state index in [-0.39, 0.29) is 26.4 Å². The van der Waals surface area contributed by atoms with Crippen LogP contribution in [0.5, 0.6) is 0 Å². The van der Waals surface area contributed by atoms with E-state index in [0.717, 1.165) is 5.56 Å². The number of carboxylic acid groups (broad SMARTS) is 1. The highest BCUT2D eigenvalue weighted by Gasteiger charge is 2.38.